The Morgan fingerprint density at radius 1 is 1.25 bits per heavy atom. The molecule has 3 heteroatoms. The SMILES string of the molecule is CCc1c(C)cc(CCC(=O)O)cc1C.[Y]. The summed E-state index contributed by atoms with van der Waals surface area (Å²) < 4.78 is 0. The van der Waals surface area contributed by atoms with Crippen LogP contribution in [0, 0.1) is 13.8 Å². The van der Waals surface area contributed by atoms with E-state index in [0.29, 0.717) is 6.42 Å². The van der Waals surface area contributed by atoms with Gasteiger partial charge in [-0.2, -0.15) is 0 Å². The van der Waals surface area contributed by atoms with Crippen LogP contribution in [-0.2, 0) is 50.3 Å². The molecule has 0 atom stereocenters. The van der Waals surface area contributed by atoms with Crippen LogP contribution in [-0.4, -0.2) is 11.1 Å². The Labute approximate surface area is 122 Å². The van der Waals surface area contributed by atoms with Gasteiger partial charge in [-0.25, -0.2) is 0 Å². The molecule has 0 bridgehead atoms. The molecule has 2 nitrogen and oxygen atoms in total. The second-order valence-electron chi connectivity index (χ2n) is 3.96. The minimum Gasteiger partial charge on any atom is -0.481 e. The Bertz CT molecular complexity index is 349. The maximum absolute atomic E-state index is 10.5. The molecule has 0 unspecified atom stereocenters. The van der Waals surface area contributed by atoms with E-state index in [4.69, 9.17) is 5.11 Å². The van der Waals surface area contributed by atoms with Gasteiger partial charge in [0.05, 0.1) is 0 Å². The second-order valence-corrected chi connectivity index (χ2v) is 3.96. The van der Waals surface area contributed by atoms with Crippen molar-refractivity contribution in [2.45, 2.75) is 40.0 Å². The molecule has 85 valence electrons. The molecule has 16 heavy (non-hydrogen) atoms. The van der Waals surface area contributed by atoms with Crippen LogP contribution in [0.4, 0.5) is 0 Å². The first-order chi connectivity index (χ1) is 7.04. The standard InChI is InChI=1S/C13H18O2.Y/c1-4-12-9(2)7-11(8-10(12)3)5-6-13(14)15;/h7-8H,4-6H2,1-3H3,(H,14,15);. The molecule has 0 spiro atoms. The van der Waals surface area contributed by atoms with Gasteiger partial charge >= 0.3 is 5.97 Å². The van der Waals surface area contributed by atoms with Gasteiger partial charge in [-0.3, -0.25) is 4.79 Å². The van der Waals surface area contributed by atoms with Gasteiger partial charge in [0, 0.05) is 39.1 Å². The molecule has 0 fully saturated rings. The number of carboxylic acids is 1. The normalized spacial score (nSPS) is 9.69. The maximum atomic E-state index is 10.5. The molecule has 0 saturated carbocycles. The van der Waals surface area contributed by atoms with Gasteiger partial charge in [-0.05, 0) is 48.9 Å². The van der Waals surface area contributed by atoms with E-state index in [-0.39, 0.29) is 39.1 Å². The van der Waals surface area contributed by atoms with Gasteiger partial charge in [-0.1, -0.05) is 19.1 Å². The molecule has 0 saturated heterocycles. The van der Waals surface area contributed by atoms with Crippen molar-refractivity contribution in [2.24, 2.45) is 0 Å². The van der Waals surface area contributed by atoms with Crippen LogP contribution in [0.2, 0.25) is 0 Å². The summed E-state index contributed by atoms with van der Waals surface area (Å²) in [4.78, 5) is 10.5. The van der Waals surface area contributed by atoms with Crippen LogP contribution in [0.1, 0.15) is 35.6 Å². The first kappa shape index (κ1) is 15.8. The third-order valence-corrected chi connectivity index (χ3v) is 2.74. The fourth-order valence-corrected chi connectivity index (χ4v) is 2.04. The van der Waals surface area contributed by atoms with Crippen LogP contribution < -0.4 is 0 Å². The molecule has 0 aliphatic carbocycles. The van der Waals surface area contributed by atoms with E-state index in [1.165, 1.54) is 16.7 Å². The smallest absolute Gasteiger partial charge is 0.303 e. The molecule has 0 aliphatic rings. The van der Waals surface area contributed by atoms with Gasteiger partial charge in [0.15, 0.2) is 0 Å². The Balaban J connectivity index is 0.00000225. The Hall–Kier alpha value is -0.206. The largest absolute Gasteiger partial charge is 0.481 e. The van der Waals surface area contributed by atoms with Gasteiger partial charge < -0.3 is 5.11 Å². The summed E-state index contributed by atoms with van der Waals surface area (Å²) in [6, 6.07) is 4.21. The van der Waals surface area contributed by atoms with Crippen molar-refractivity contribution >= 4 is 5.97 Å². The monoisotopic (exact) mass is 295 g/mol. The summed E-state index contributed by atoms with van der Waals surface area (Å²) in [6.45, 7) is 6.33. The zero-order valence-corrected chi connectivity index (χ0v) is 13.0. The van der Waals surface area contributed by atoms with Crippen molar-refractivity contribution < 1.29 is 42.6 Å². The Morgan fingerprint density at radius 2 is 1.75 bits per heavy atom. The van der Waals surface area contributed by atoms with Gasteiger partial charge in [0.2, 0.25) is 0 Å². The first-order valence-electron chi connectivity index (χ1n) is 5.35. The van der Waals surface area contributed by atoms with Crippen LogP contribution >= 0.6 is 0 Å². The Morgan fingerprint density at radius 3 is 2.12 bits per heavy atom. The third-order valence-electron chi connectivity index (χ3n) is 2.74. The maximum Gasteiger partial charge on any atom is 0.303 e. The average molecular weight is 295 g/mol. The fourth-order valence-electron chi connectivity index (χ4n) is 2.04. The zero-order chi connectivity index (χ0) is 11.4. The molecule has 0 aliphatic heterocycles. The van der Waals surface area contributed by atoms with Crippen molar-refractivity contribution in [1.82, 2.24) is 0 Å². The van der Waals surface area contributed by atoms with E-state index < -0.39 is 5.97 Å². The van der Waals surface area contributed by atoms with E-state index in [1.54, 1.807) is 0 Å². The molecule has 0 amide bonds. The molecule has 1 aromatic carbocycles. The molecule has 1 N–H and O–H groups in total. The second kappa shape index (κ2) is 7.18. The summed E-state index contributed by atoms with van der Waals surface area (Å²) in [5, 5.41) is 8.61. The topological polar surface area (TPSA) is 37.3 Å². The predicted molar refractivity (Wildman–Crippen MR) is 61.3 cm³/mol. The number of hydrogen-bond acceptors (Lipinski definition) is 1. The quantitative estimate of drug-likeness (QED) is 0.927. The molecule has 0 heterocycles. The summed E-state index contributed by atoms with van der Waals surface area (Å²) in [7, 11) is 0. The minimum atomic E-state index is -0.732. The molecule has 1 radical (unpaired) electrons. The van der Waals surface area contributed by atoms with Crippen molar-refractivity contribution in [1.29, 1.82) is 0 Å². The van der Waals surface area contributed by atoms with Crippen molar-refractivity contribution in [2.75, 3.05) is 0 Å². The molecule has 1 aromatic rings. The fraction of sp³-hybridized carbons (Fsp3) is 0.462. The van der Waals surface area contributed by atoms with E-state index in [9.17, 15) is 4.79 Å². The molecular weight excluding hydrogens is 277 g/mol. The van der Waals surface area contributed by atoms with Crippen LogP contribution in [0.15, 0.2) is 12.1 Å². The first-order valence-corrected chi connectivity index (χ1v) is 5.35. The van der Waals surface area contributed by atoms with E-state index in [0.717, 1.165) is 12.0 Å². The number of carbonyl (C=O) groups is 1. The minimum absolute atomic E-state index is 0. The van der Waals surface area contributed by atoms with E-state index >= 15 is 0 Å². The average Bonchev–Trinajstić information content (AvgIpc) is 2.14. The summed E-state index contributed by atoms with van der Waals surface area (Å²) in [5.74, 6) is -0.732. The van der Waals surface area contributed by atoms with Crippen molar-refractivity contribution in [3.63, 3.8) is 0 Å². The van der Waals surface area contributed by atoms with Crippen molar-refractivity contribution in [3.05, 3.63) is 34.4 Å². The number of rotatable bonds is 4. The Kier molecular flexibility index (Phi) is 7.09. The van der Waals surface area contributed by atoms with Gasteiger partial charge in [0.1, 0.15) is 0 Å². The number of aryl methyl sites for hydroxylation is 3. The van der Waals surface area contributed by atoms with E-state index in [2.05, 4.69) is 32.9 Å². The van der Waals surface area contributed by atoms with Gasteiger partial charge in [-0.15, -0.1) is 0 Å². The van der Waals surface area contributed by atoms with Gasteiger partial charge in [0.25, 0.3) is 0 Å². The summed E-state index contributed by atoms with van der Waals surface area (Å²) in [5.41, 5.74) is 5.06. The number of carboxylic acid groups (broad SMARTS) is 1. The molecule has 1 rings (SSSR count). The zero-order valence-electron chi connectivity index (χ0n) is 10.2. The van der Waals surface area contributed by atoms with E-state index in [1.807, 2.05) is 0 Å². The van der Waals surface area contributed by atoms with Crippen LogP contribution in [0.5, 0.6) is 0 Å². The third kappa shape index (κ3) is 4.35. The number of benzene rings is 1. The van der Waals surface area contributed by atoms with Crippen molar-refractivity contribution in [3.8, 4) is 0 Å². The summed E-state index contributed by atoms with van der Waals surface area (Å²) >= 11 is 0. The predicted octanol–water partition coefficient (Wildman–Crippen LogP) is 2.88. The molecule has 0 aromatic heterocycles. The van der Waals surface area contributed by atoms with Crippen LogP contribution in [0.25, 0.3) is 0 Å². The summed E-state index contributed by atoms with van der Waals surface area (Å²) in [6.07, 6.45) is 1.88. The number of hydrogen-bond donors (Lipinski definition) is 1. The van der Waals surface area contributed by atoms with Crippen LogP contribution in [0.3, 0.4) is 0 Å². The number of aliphatic carboxylic acids is 1. The molecular formula is C13H18O2Y.